The SMILES string of the molecule is Cc1cnn(C)c1-c1ccc2c(c1)CN([C@H](CN)Cc1cccc(F)c1)C2=O. The van der Waals surface area contributed by atoms with Crippen LogP contribution < -0.4 is 5.73 Å². The van der Waals surface area contributed by atoms with Gasteiger partial charge < -0.3 is 10.6 Å². The highest BCUT2D eigenvalue weighted by molar-refractivity contribution is 5.99. The van der Waals surface area contributed by atoms with Gasteiger partial charge in [-0.3, -0.25) is 9.48 Å². The molecule has 144 valence electrons. The van der Waals surface area contributed by atoms with Crippen LogP contribution in [0.15, 0.2) is 48.7 Å². The average Bonchev–Trinajstić information content (AvgIpc) is 3.18. The van der Waals surface area contributed by atoms with Gasteiger partial charge in [0.1, 0.15) is 5.82 Å². The molecule has 0 saturated heterocycles. The molecule has 5 nitrogen and oxygen atoms in total. The Morgan fingerprint density at radius 1 is 1.25 bits per heavy atom. The Labute approximate surface area is 163 Å². The summed E-state index contributed by atoms with van der Waals surface area (Å²) in [4.78, 5) is 14.8. The van der Waals surface area contributed by atoms with Crippen LogP contribution >= 0.6 is 0 Å². The molecule has 0 aliphatic carbocycles. The van der Waals surface area contributed by atoms with Crippen LogP contribution in [-0.4, -0.2) is 33.2 Å². The second-order valence-corrected chi connectivity index (χ2v) is 7.33. The molecule has 0 unspecified atom stereocenters. The molecule has 0 saturated carbocycles. The third kappa shape index (κ3) is 3.20. The summed E-state index contributed by atoms with van der Waals surface area (Å²) in [6.07, 6.45) is 2.37. The number of benzene rings is 2. The van der Waals surface area contributed by atoms with E-state index in [0.717, 1.165) is 27.9 Å². The first-order chi connectivity index (χ1) is 13.5. The van der Waals surface area contributed by atoms with E-state index in [0.29, 0.717) is 25.1 Å². The van der Waals surface area contributed by atoms with Gasteiger partial charge in [0.15, 0.2) is 0 Å². The van der Waals surface area contributed by atoms with Gasteiger partial charge in [0.05, 0.1) is 11.9 Å². The molecule has 1 atom stereocenters. The van der Waals surface area contributed by atoms with Crippen molar-refractivity contribution >= 4 is 5.91 Å². The van der Waals surface area contributed by atoms with Gasteiger partial charge in [-0.15, -0.1) is 0 Å². The van der Waals surface area contributed by atoms with Crippen LogP contribution in [0, 0.1) is 12.7 Å². The van der Waals surface area contributed by atoms with Crippen LogP contribution in [0.3, 0.4) is 0 Å². The maximum absolute atomic E-state index is 13.5. The third-order valence-electron chi connectivity index (χ3n) is 5.41. The molecule has 1 aliphatic rings. The molecule has 1 aromatic heterocycles. The summed E-state index contributed by atoms with van der Waals surface area (Å²) in [6, 6.07) is 12.2. The van der Waals surface area contributed by atoms with Crippen molar-refractivity contribution in [3.8, 4) is 11.3 Å². The summed E-state index contributed by atoms with van der Waals surface area (Å²) in [5.41, 5.74) is 11.7. The van der Waals surface area contributed by atoms with Gasteiger partial charge in [0, 0.05) is 37.3 Å². The zero-order valence-corrected chi connectivity index (χ0v) is 16.0. The van der Waals surface area contributed by atoms with Crippen LogP contribution in [0.5, 0.6) is 0 Å². The molecule has 4 rings (SSSR count). The Bertz CT molecular complexity index is 1020. The minimum absolute atomic E-state index is 0.0184. The van der Waals surface area contributed by atoms with Crippen LogP contribution in [-0.2, 0) is 20.0 Å². The van der Waals surface area contributed by atoms with Crippen molar-refractivity contribution in [1.82, 2.24) is 14.7 Å². The molecule has 0 spiro atoms. The van der Waals surface area contributed by atoms with E-state index < -0.39 is 0 Å². The zero-order valence-electron chi connectivity index (χ0n) is 16.0. The summed E-state index contributed by atoms with van der Waals surface area (Å²) in [7, 11) is 1.91. The number of fused-ring (bicyclic) bond motifs is 1. The van der Waals surface area contributed by atoms with E-state index in [1.54, 1.807) is 11.0 Å². The van der Waals surface area contributed by atoms with Gasteiger partial charge in [-0.05, 0) is 54.3 Å². The highest BCUT2D eigenvalue weighted by Gasteiger charge is 2.32. The fourth-order valence-electron chi connectivity index (χ4n) is 4.00. The number of aryl methyl sites for hydroxylation is 2. The molecule has 0 bridgehead atoms. The topological polar surface area (TPSA) is 64.2 Å². The van der Waals surface area contributed by atoms with Crippen molar-refractivity contribution in [3.63, 3.8) is 0 Å². The minimum atomic E-state index is -0.277. The molecular formula is C22H23FN4O. The summed E-state index contributed by atoms with van der Waals surface area (Å²) < 4.78 is 15.4. The first kappa shape index (κ1) is 18.4. The third-order valence-corrected chi connectivity index (χ3v) is 5.41. The number of carbonyl (C=O) groups excluding carboxylic acids is 1. The van der Waals surface area contributed by atoms with E-state index in [1.807, 2.05) is 43.0 Å². The molecule has 2 N–H and O–H groups in total. The van der Waals surface area contributed by atoms with Crippen molar-refractivity contribution < 1.29 is 9.18 Å². The molecule has 0 radical (unpaired) electrons. The van der Waals surface area contributed by atoms with Crippen LogP contribution in [0.25, 0.3) is 11.3 Å². The predicted molar refractivity (Wildman–Crippen MR) is 106 cm³/mol. The summed E-state index contributed by atoms with van der Waals surface area (Å²) >= 11 is 0. The second kappa shape index (κ2) is 7.20. The summed E-state index contributed by atoms with van der Waals surface area (Å²) in [5, 5.41) is 4.30. The van der Waals surface area contributed by atoms with Crippen LogP contribution in [0.4, 0.5) is 4.39 Å². The standard InChI is InChI=1S/C22H23FN4O/c1-14-12-25-26(2)21(14)16-6-7-20-17(10-16)13-27(22(20)28)19(11-24)9-15-4-3-5-18(23)8-15/h3-8,10,12,19H,9,11,13,24H2,1-2H3/t19-/m0/s1. The Morgan fingerprint density at radius 2 is 2.07 bits per heavy atom. The van der Waals surface area contributed by atoms with E-state index in [-0.39, 0.29) is 17.8 Å². The lowest BCUT2D eigenvalue weighted by Gasteiger charge is -2.26. The molecule has 2 heterocycles. The van der Waals surface area contributed by atoms with Gasteiger partial charge >= 0.3 is 0 Å². The van der Waals surface area contributed by atoms with Crippen molar-refractivity contribution in [2.75, 3.05) is 6.54 Å². The van der Waals surface area contributed by atoms with E-state index in [9.17, 15) is 9.18 Å². The summed E-state index contributed by atoms with van der Waals surface area (Å²) in [6.45, 7) is 2.86. The highest BCUT2D eigenvalue weighted by atomic mass is 19.1. The molecule has 0 fully saturated rings. The van der Waals surface area contributed by atoms with E-state index >= 15 is 0 Å². The first-order valence-corrected chi connectivity index (χ1v) is 9.35. The molecule has 6 heteroatoms. The molecule has 1 amide bonds. The van der Waals surface area contributed by atoms with Gasteiger partial charge in [-0.1, -0.05) is 18.2 Å². The highest BCUT2D eigenvalue weighted by Crippen LogP contribution is 2.31. The number of rotatable bonds is 5. The predicted octanol–water partition coefficient (Wildman–Crippen LogP) is 3.06. The van der Waals surface area contributed by atoms with Crippen molar-refractivity contribution in [2.45, 2.75) is 25.9 Å². The summed E-state index contributed by atoms with van der Waals surface area (Å²) in [5.74, 6) is -0.296. The fourth-order valence-corrected chi connectivity index (χ4v) is 4.00. The number of hydrogen-bond donors (Lipinski definition) is 1. The maximum Gasteiger partial charge on any atom is 0.254 e. The first-order valence-electron chi connectivity index (χ1n) is 9.35. The smallest absolute Gasteiger partial charge is 0.254 e. The zero-order chi connectivity index (χ0) is 19.8. The monoisotopic (exact) mass is 378 g/mol. The lowest BCUT2D eigenvalue weighted by atomic mass is 10.0. The number of amides is 1. The number of aromatic nitrogens is 2. The lowest BCUT2D eigenvalue weighted by molar-refractivity contribution is 0.0708. The maximum atomic E-state index is 13.5. The van der Waals surface area contributed by atoms with Gasteiger partial charge in [-0.2, -0.15) is 5.10 Å². The Hall–Kier alpha value is -2.99. The Kier molecular flexibility index (Phi) is 4.73. The van der Waals surface area contributed by atoms with E-state index in [1.165, 1.54) is 12.1 Å². The van der Waals surface area contributed by atoms with E-state index in [2.05, 4.69) is 11.2 Å². The normalized spacial score (nSPS) is 14.4. The largest absolute Gasteiger partial charge is 0.330 e. The van der Waals surface area contributed by atoms with Crippen molar-refractivity contribution in [3.05, 3.63) is 76.7 Å². The minimum Gasteiger partial charge on any atom is -0.330 e. The quantitative estimate of drug-likeness (QED) is 0.742. The van der Waals surface area contributed by atoms with Crippen molar-refractivity contribution in [2.24, 2.45) is 12.8 Å². The number of hydrogen-bond acceptors (Lipinski definition) is 3. The fraction of sp³-hybridized carbons (Fsp3) is 0.273. The average molecular weight is 378 g/mol. The Morgan fingerprint density at radius 3 is 2.75 bits per heavy atom. The molecular weight excluding hydrogens is 355 g/mol. The molecule has 2 aromatic carbocycles. The van der Waals surface area contributed by atoms with Crippen molar-refractivity contribution in [1.29, 1.82) is 0 Å². The van der Waals surface area contributed by atoms with Crippen LogP contribution in [0.1, 0.15) is 27.0 Å². The molecule has 1 aliphatic heterocycles. The number of halogens is 1. The molecule has 3 aromatic rings. The lowest BCUT2D eigenvalue weighted by Crippen LogP contribution is -2.42. The van der Waals surface area contributed by atoms with Crippen LogP contribution in [0.2, 0.25) is 0 Å². The second-order valence-electron chi connectivity index (χ2n) is 7.33. The number of carbonyl (C=O) groups is 1. The van der Waals surface area contributed by atoms with E-state index in [4.69, 9.17) is 5.73 Å². The molecule has 28 heavy (non-hydrogen) atoms. The Balaban J connectivity index is 1.61. The van der Waals surface area contributed by atoms with Gasteiger partial charge in [-0.25, -0.2) is 4.39 Å². The van der Waals surface area contributed by atoms with Gasteiger partial charge in [0.2, 0.25) is 0 Å². The number of nitrogens with two attached hydrogens (primary N) is 1. The van der Waals surface area contributed by atoms with Gasteiger partial charge in [0.25, 0.3) is 5.91 Å². The number of nitrogens with zero attached hydrogens (tertiary/aromatic N) is 3.